The molecular formula is C15H22ClNO2. The fourth-order valence-corrected chi connectivity index (χ4v) is 2.83. The van der Waals surface area contributed by atoms with Crippen LogP contribution in [0.2, 0.25) is 5.02 Å². The van der Waals surface area contributed by atoms with Crippen molar-refractivity contribution in [2.75, 3.05) is 19.0 Å². The molecule has 1 aliphatic rings. The molecular weight excluding hydrogens is 262 g/mol. The minimum Gasteiger partial charge on any atom is -0.495 e. The molecule has 0 amide bonds. The van der Waals surface area contributed by atoms with Crippen molar-refractivity contribution in [2.45, 2.75) is 39.3 Å². The van der Waals surface area contributed by atoms with E-state index in [-0.39, 0.29) is 5.41 Å². The Bertz CT molecular complexity index is 448. The SMILES string of the molecule is CCOC1CC(Nc2ccc(OC)c(Cl)c2)C1(C)C. The van der Waals surface area contributed by atoms with E-state index in [4.69, 9.17) is 21.1 Å². The third-order valence-corrected chi connectivity index (χ3v) is 4.33. The average molecular weight is 284 g/mol. The van der Waals surface area contributed by atoms with Gasteiger partial charge in [-0.15, -0.1) is 0 Å². The van der Waals surface area contributed by atoms with Crippen LogP contribution in [-0.4, -0.2) is 25.9 Å². The Kier molecular flexibility index (Phi) is 4.26. The van der Waals surface area contributed by atoms with Crippen molar-refractivity contribution in [3.05, 3.63) is 23.2 Å². The van der Waals surface area contributed by atoms with Crippen LogP contribution in [0, 0.1) is 5.41 Å². The van der Waals surface area contributed by atoms with Crippen molar-refractivity contribution in [3.63, 3.8) is 0 Å². The first-order valence-corrected chi connectivity index (χ1v) is 7.08. The van der Waals surface area contributed by atoms with Crippen LogP contribution >= 0.6 is 11.6 Å². The maximum absolute atomic E-state index is 6.13. The second kappa shape index (κ2) is 5.59. The molecule has 1 saturated carbocycles. The van der Waals surface area contributed by atoms with Gasteiger partial charge < -0.3 is 14.8 Å². The monoisotopic (exact) mass is 283 g/mol. The van der Waals surface area contributed by atoms with Crippen molar-refractivity contribution < 1.29 is 9.47 Å². The summed E-state index contributed by atoms with van der Waals surface area (Å²) in [6.45, 7) is 7.29. The number of rotatable bonds is 5. The van der Waals surface area contributed by atoms with Gasteiger partial charge in [0, 0.05) is 23.8 Å². The second-order valence-electron chi connectivity index (χ2n) is 5.55. The zero-order valence-corrected chi connectivity index (χ0v) is 12.8. The normalized spacial score (nSPS) is 24.7. The number of methoxy groups -OCH3 is 1. The summed E-state index contributed by atoms with van der Waals surface area (Å²) in [6, 6.07) is 6.20. The van der Waals surface area contributed by atoms with E-state index in [1.165, 1.54) is 0 Å². The number of anilines is 1. The Morgan fingerprint density at radius 3 is 2.68 bits per heavy atom. The Balaban J connectivity index is 2.01. The molecule has 0 bridgehead atoms. The highest BCUT2D eigenvalue weighted by Crippen LogP contribution is 2.44. The summed E-state index contributed by atoms with van der Waals surface area (Å²) in [7, 11) is 1.62. The number of nitrogens with one attached hydrogen (secondary N) is 1. The molecule has 2 unspecified atom stereocenters. The van der Waals surface area contributed by atoms with Gasteiger partial charge in [0.1, 0.15) is 5.75 Å². The van der Waals surface area contributed by atoms with Crippen LogP contribution in [-0.2, 0) is 4.74 Å². The maximum atomic E-state index is 6.13. The summed E-state index contributed by atoms with van der Waals surface area (Å²) in [5.41, 5.74) is 1.17. The molecule has 1 N–H and O–H groups in total. The van der Waals surface area contributed by atoms with Gasteiger partial charge in [-0.3, -0.25) is 0 Å². The molecule has 4 heteroatoms. The molecule has 19 heavy (non-hydrogen) atoms. The summed E-state index contributed by atoms with van der Waals surface area (Å²) >= 11 is 6.13. The Morgan fingerprint density at radius 1 is 1.42 bits per heavy atom. The van der Waals surface area contributed by atoms with Crippen molar-refractivity contribution in [1.29, 1.82) is 0 Å². The highest BCUT2D eigenvalue weighted by molar-refractivity contribution is 6.32. The summed E-state index contributed by atoms with van der Waals surface area (Å²) in [5.74, 6) is 0.701. The smallest absolute Gasteiger partial charge is 0.137 e. The minimum absolute atomic E-state index is 0.141. The first-order valence-electron chi connectivity index (χ1n) is 6.70. The molecule has 1 aromatic carbocycles. The van der Waals surface area contributed by atoms with E-state index in [1.54, 1.807) is 7.11 Å². The van der Waals surface area contributed by atoms with Gasteiger partial charge in [0.15, 0.2) is 0 Å². The lowest BCUT2D eigenvalue weighted by Crippen LogP contribution is -2.58. The van der Waals surface area contributed by atoms with Gasteiger partial charge in [-0.2, -0.15) is 0 Å². The number of hydrogen-bond donors (Lipinski definition) is 1. The lowest BCUT2D eigenvalue weighted by Gasteiger charge is -2.52. The molecule has 1 aromatic rings. The molecule has 0 heterocycles. The van der Waals surface area contributed by atoms with E-state index < -0.39 is 0 Å². The molecule has 0 aromatic heterocycles. The molecule has 0 spiro atoms. The average Bonchev–Trinajstić information content (AvgIpc) is 2.38. The molecule has 106 valence electrons. The number of halogens is 1. The lowest BCUT2D eigenvalue weighted by atomic mass is 9.64. The molecule has 2 atom stereocenters. The highest BCUT2D eigenvalue weighted by Gasteiger charge is 2.48. The van der Waals surface area contributed by atoms with Gasteiger partial charge in [-0.1, -0.05) is 25.4 Å². The largest absolute Gasteiger partial charge is 0.495 e. The topological polar surface area (TPSA) is 30.5 Å². The van der Waals surface area contributed by atoms with E-state index in [2.05, 4.69) is 19.2 Å². The molecule has 0 radical (unpaired) electrons. The van der Waals surface area contributed by atoms with Gasteiger partial charge in [-0.25, -0.2) is 0 Å². The van der Waals surface area contributed by atoms with Crippen LogP contribution in [0.3, 0.4) is 0 Å². The predicted molar refractivity (Wildman–Crippen MR) is 79.2 cm³/mol. The van der Waals surface area contributed by atoms with Gasteiger partial charge >= 0.3 is 0 Å². The minimum atomic E-state index is 0.141. The highest BCUT2D eigenvalue weighted by atomic mass is 35.5. The van der Waals surface area contributed by atoms with Crippen molar-refractivity contribution in [3.8, 4) is 5.75 Å². The molecule has 3 nitrogen and oxygen atoms in total. The third-order valence-electron chi connectivity index (χ3n) is 4.04. The Hall–Kier alpha value is -0.930. The van der Waals surface area contributed by atoms with E-state index in [0.717, 1.165) is 18.7 Å². The first kappa shape index (κ1) is 14.5. The summed E-state index contributed by atoms with van der Waals surface area (Å²) in [4.78, 5) is 0. The van der Waals surface area contributed by atoms with Crippen LogP contribution in [0.5, 0.6) is 5.75 Å². The van der Waals surface area contributed by atoms with E-state index in [0.29, 0.717) is 22.9 Å². The Morgan fingerprint density at radius 2 is 2.16 bits per heavy atom. The first-order chi connectivity index (χ1) is 8.98. The summed E-state index contributed by atoms with van der Waals surface area (Å²) in [6.07, 6.45) is 1.37. The lowest BCUT2D eigenvalue weighted by molar-refractivity contribution is -0.0975. The van der Waals surface area contributed by atoms with Gasteiger partial charge in [-0.05, 0) is 31.5 Å². The predicted octanol–water partition coefficient (Wildman–Crippen LogP) is 3.96. The fourth-order valence-electron chi connectivity index (χ4n) is 2.57. The van der Waals surface area contributed by atoms with E-state index in [9.17, 15) is 0 Å². The van der Waals surface area contributed by atoms with Crippen LogP contribution in [0.15, 0.2) is 18.2 Å². The molecule has 0 aliphatic heterocycles. The van der Waals surface area contributed by atoms with Gasteiger partial charge in [0.2, 0.25) is 0 Å². The van der Waals surface area contributed by atoms with Crippen LogP contribution < -0.4 is 10.1 Å². The van der Waals surface area contributed by atoms with Crippen molar-refractivity contribution in [2.24, 2.45) is 5.41 Å². The van der Waals surface area contributed by atoms with Crippen LogP contribution in [0.1, 0.15) is 27.2 Å². The van der Waals surface area contributed by atoms with E-state index in [1.807, 2.05) is 25.1 Å². The van der Waals surface area contributed by atoms with Crippen LogP contribution in [0.4, 0.5) is 5.69 Å². The third kappa shape index (κ3) is 2.82. The van der Waals surface area contributed by atoms with Crippen molar-refractivity contribution >= 4 is 17.3 Å². The number of hydrogen-bond acceptors (Lipinski definition) is 3. The zero-order chi connectivity index (χ0) is 14.0. The fraction of sp³-hybridized carbons (Fsp3) is 0.600. The molecule has 1 fully saturated rings. The van der Waals surface area contributed by atoms with Crippen molar-refractivity contribution in [1.82, 2.24) is 0 Å². The quantitative estimate of drug-likeness (QED) is 0.887. The molecule has 0 saturated heterocycles. The second-order valence-corrected chi connectivity index (χ2v) is 5.95. The number of benzene rings is 1. The zero-order valence-electron chi connectivity index (χ0n) is 12.0. The van der Waals surface area contributed by atoms with Crippen LogP contribution in [0.25, 0.3) is 0 Å². The summed E-state index contributed by atoms with van der Waals surface area (Å²) < 4.78 is 10.9. The number of ether oxygens (including phenoxy) is 2. The molecule has 2 rings (SSSR count). The molecule has 1 aliphatic carbocycles. The van der Waals surface area contributed by atoms with E-state index >= 15 is 0 Å². The van der Waals surface area contributed by atoms with Gasteiger partial charge in [0.05, 0.1) is 18.2 Å². The maximum Gasteiger partial charge on any atom is 0.137 e. The standard InChI is InChI=1S/C15H22ClNO2/c1-5-19-14-9-13(15(14,2)3)17-10-6-7-12(18-4)11(16)8-10/h6-8,13-14,17H,5,9H2,1-4H3. The summed E-state index contributed by atoms with van der Waals surface area (Å²) in [5, 5.41) is 4.16. The van der Waals surface area contributed by atoms with Gasteiger partial charge in [0.25, 0.3) is 0 Å². The Labute approximate surface area is 120 Å².